The van der Waals surface area contributed by atoms with E-state index in [-0.39, 0.29) is 12.7 Å². The topological polar surface area (TPSA) is 56.5 Å². The van der Waals surface area contributed by atoms with Crippen molar-refractivity contribution >= 4 is 11.0 Å². The van der Waals surface area contributed by atoms with Crippen LogP contribution in [0.2, 0.25) is 0 Å². The van der Waals surface area contributed by atoms with Crippen molar-refractivity contribution in [3.63, 3.8) is 0 Å². The van der Waals surface area contributed by atoms with Crippen LogP contribution in [0.15, 0.2) is 18.2 Å². The first-order valence-electron chi connectivity index (χ1n) is 6.58. The number of nitrogens with zero attached hydrogens (tertiary/aromatic N) is 2. The molecule has 0 atom stereocenters. The summed E-state index contributed by atoms with van der Waals surface area (Å²) < 4.78 is 13.2. The molecule has 1 fully saturated rings. The molecule has 102 valence electrons. The molecule has 0 amide bonds. The van der Waals surface area contributed by atoms with Gasteiger partial charge < -0.3 is 19.1 Å². The van der Waals surface area contributed by atoms with Gasteiger partial charge in [-0.05, 0) is 12.1 Å². The highest BCUT2D eigenvalue weighted by atomic mass is 16.5. The van der Waals surface area contributed by atoms with Crippen molar-refractivity contribution in [1.29, 1.82) is 0 Å². The average Bonchev–Trinajstić information content (AvgIpc) is 2.77. The third-order valence-electron chi connectivity index (χ3n) is 3.56. The third-order valence-corrected chi connectivity index (χ3v) is 3.56. The highest BCUT2D eigenvalue weighted by Gasteiger charge is 2.16. The Hall–Kier alpha value is -1.59. The van der Waals surface area contributed by atoms with E-state index in [4.69, 9.17) is 9.47 Å². The quantitative estimate of drug-likeness (QED) is 0.913. The zero-order valence-electron chi connectivity index (χ0n) is 11.0. The first kappa shape index (κ1) is 12.4. The Balaban J connectivity index is 1.86. The molecule has 19 heavy (non-hydrogen) atoms. The van der Waals surface area contributed by atoms with E-state index in [1.54, 1.807) is 0 Å². The molecular weight excluding hydrogens is 244 g/mol. The molecule has 0 unspecified atom stereocenters. The molecule has 0 bridgehead atoms. The number of aryl methyl sites for hydroxylation is 1. The molecule has 3 rings (SSSR count). The Labute approximate surface area is 111 Å². The number of fused-ring (bicyclic) bond motifs is 1. The summed E-state index contributed by atoms with van der Waals surface area (Å²) in [5.74, 6) is 1.52. The molecule has 1 aliphatic rings. The maximum Gasteiger partial charge on any atom is 0.135 e. The lowest BCUT2D eigenvalue weighted by Crippen LogP contribution is -2.25. The molecule has 1 N–H and O–H groups in total. The van der Waals surface area contributed by atoms with Gasteiger partial charge in [0.25, 0.3) is 0 Å². The van der Waals surface area contributed by atoms with Gasteiger partial charge in [0.15, 0.2) is 0 Å². The Kier molecular flexibility index (Phi) is 3.40. The summed E-state index contributed by atoms with van der Waals surface area (Å²) in [7, 11) is 1.90. The number of aliphatic hydroxyl groups excluding tert-OH is 1. The fourth-order valence-electron chi connectivity index (χ4n) is 2.42. The third kappa shape index (κ3) is 2.43. The van der Waals surface area contributed by atoms with E-state index in [1.807, 2.05) is 29.8 Å². The van der Waals surface area contributed by atoms with Gasteiger partial charge in [-0.3, -0.25) is 0 Å². The summed E-state index contributed by atoms with van der Waals surface area (Å²) in [5.41, 5.74) is 1.86. The zero-order chi connectivity index (χ0) is 13.2. The summed E-state index contributed by atoms with van der Waals surface area (Å²) in [6, 6.07) is 5.85. The van der Waals surface area contributed by atoms with Crippen molar-refractivity contribution in [3.8, 4) is 5.75 Å². The Morgan fingerprint density at radius 1 is 1.42 bits per heavy atom. The van der Waals surface area contributed by atoms with Crippen LogP contribution in [-0.2, 0) is 18.4 Å². The number of aromatic nitrogens is 2. The number of imidazole rings is 1. The Morgan fingerprint density at radius 2 is 2.21 bits per heavy atom. The highest BCUT2D eigenvalue weighted by Crippen LogP contribution is 2.24. The number of aliphatic hydroxyl groups is 1. The van der Waals surface area contributed by atoms with Crippen molar-refractivity contribution in [2.24, 2.45) is 7.05 Å². The average molecular weight is 262 g/mol. The summed E-state index contributed by atoms with van der Waals surface area (Å²) >= 11 is 0. The van der Waals surface area contributed by atoms with E-state index in [0.29, 0.717) is 5.82 Å². The van der Waals surface area contributed by atoms with Crippen LogP contribution in [-0.4, -0.2) is 34.0 Å². The number of hydrogen-bond acceptors (Lipinski definition) is 4. The molecule has 5 nitrogen and oxygen atoms in total. The van der Waals surface area contributed by atoms with Crippen LogP contribution in [0.4, 0.5) is 0 Å². The molecule has 1 saturated heterocycles. The van der Waals surface area contributed by atoms with E-state index < -0.39 is 0 Å². The van der Waals surface area contributed by atoms with Crippen LogP contribution < -0.4 is 4.74 Å². The number of hydrogen-bond donors (Lipinski definition) is 1. The highest BCUT2D eigenvalue weighted by molar-refractivity contribution is 5.77. The van der Waals surface area contributed by atoms with Crippen molar-refractivity contribution in [2.45, 2.75) is 25.6 Å². The predicted octanol–water partition coefficient (Wildman–Crippen LogP) is 1.62. The Morgan fingerprint density at radius 3 is 2.95 bits per heavy atom. The lowest BCUT2D eigenvalue weighted by Gasteiger charge is -2.23. The fourth-order valence-corrected chi connectivity index (χ4v) is 2.42. The standard InChI is InChI=1S/C14H18N2O3/c1-16-13-8-11(19-10-4-6-18-7-5-10)2-3-12(13)15-14(16)9-17/h2-3,8,10,17H,4-7,9H2,1H3. The number of rotatable bonds is 3. The molecule has 1 aliphatic heterocycles. The van der Waals surface area contributed by atoms with Crippen LogP contribution in [0.5, 0.6) is 5.75 Å². The fraction of sp³-hybridized carbons (Fsp3) is 0.500. The SMILES string of the molecule is Cn1c(CO)nc2ccc(OC3CCOCC3)cc21. The van der Waals surface area contributed by atoms with E-state index in [9.17, 15) is 5.11 Å². The van der Waals surface area contributed by atoms with Crippen molar-refractivity contribution in [1.82, 2.24) is 9.55 Å². The normalized spacial score (nSPS) is 16.9. The first-order chi connectivity index (χ1) is 9.28. The largest absolute Gasteiger partial charge is 0.490 e. The minimum atomic E-state index is -0.0542. The monoisotopic (exact) mass is 262 g/mol. The van der Waals surface area contributed by atoms with E-state index in [1.165, 1.54) is 0 Å². The lowest BCUT2D eigenvalue weighted by atomic mass is 10.1. The van der Waals surface area contributed by atoms with Crippen LogP contribution in [0.1, 0.15) is 18.7 Å². The van der Waals surface area contributed by atoms with Gasteiger partial charge in [-0.1, -0.05) is 0 Å². The van der Waals surface area contributed by atoms with Crippen LogP contribution in [0.25, 0.3) is 11.0 Å². The van der Waals surface area contributed by atoms with Crippen LogP contribution >= 0.6 is 0 Å². The van der Waals surface area contributed by atoms with Crippen LogP contribution in [0.3, 0.4) is 0 Å². The molecule has 0 aliphatic carbocycles. The summed E-state index contributed by atoms with van der Waals surface area (Å²) in [6.45, 7) is 1.49. The Bertz CT molecular complexity index is 573. The van der Waals surface area contributed by atoms with Crippen molar-refractivity contribution in [2.75, 3.05) is 13.2 Å². The first-order valence-corrected chi connectivity index (χ1v) is 6.58. The maximum atomic E-state index is 9.22. The van der Waals surface area contributed by atoms with Gasteiger partial charge in [-0.25, -0.2) is 4.98 Å². The van der Waals surface area contributed by atoms with Crippen molar-refractivity contribution in [3.05, 3.63) is 24.0 Å². The van der Waals surface area contributed by atoms with Gasteiger partial charge in [0.1, 0.15) is 24.3 Å². The molecule has 2 heterocycles. The molecule has 0 saturated carbocycles. The van der Waals surface area contributed by atoms with Gasteiger partial charge in [-0.15, -0.1) is 0 Å². The molecule has 1 aromatic carbocycles. The zero-order valence-corrected chi connectivity index (χ0v) is 11.0. The molecule has 1 aromatic heterocycles. The second-order valence-electron chi connectivity index (χ2n) is 4.83. The maximum absolute atomic E-state index is 9.22. The second kappa shape index (κ2) is 5.19. The number of benzene rings is 1. The van der Waals surface area contributed by atoms with E-state index >= 15 is 0 Å². The molecule has 5 heteroatoms. The van der Waals surface area contributed by atoms with Crippen LogP contribution in [0, 0.1) is 0 Å². The molecule has 0 spiro atoms. The smallest absolute Gasteiger partial charge is 0.135 e. The second-order valence-corrected chi connectivity index (χ2v) is 4.83. The van der Waals surface area contributed by atoms with E-state index in [2.05, 4.69) is 4.98 Å². The number of ether oxygens (including phenoxy) is 2. The van der Waals surface area contributed by atoms with E-state index in [0.717, 1.165) is 42.8 Å². The van der Waals surface area contributed by atoms with Gasteiger partial charge in [0, 0.05) is 26.0 Å². The van der Waals surface area contributed by atoms with Gasteiger partial charge in [-0.2, -0.15) is 0 Å². The minimum Gasteiger partial charge on any atom is -0.490 e. The van der Waals surface area contributed by atoms with Gasteiger partial charge in [0.05, 0.1) is 24.2 Å². The van der Waals surface area contributed by atoms with Gasteiger partial charge in [0.2, 0.25) is 0 Å². The van der Waals surface area contributed by atoms with Gasteiger partial charge >= 0.3 is 0 Å². The van der Waals surface area contributed by atoms with Crippen molar-refractivity contribution < 1.29 is 14.6 Å². The predicted molar refractivity (Wildman–Crippen MR) is 71.1 cm³/mol. The molecule has 0 radical (unpaired) electrons. The molecular formula is C14H18N2O3. The molecule has 2 aromatic rings. The minimum absolute atomic E-state index is 0.0542. The summed E-state index contributed by atoms with van der Waals surface area (Å²) in [4.78, 5) is 4.36. The lowest BCUT2D eigenvalue weighted by molar-refractivity contribution is 0.0256. The summed E-state index contributed by atoms with van der Waals surface area (Å²) in [6.07, 6.45) is 2.10. The summed E-state index contributed by atoms with van der Waals surface area (Å²) in [5, 5.41) is 9.22.